The molecule has 2 N–H and O–H groups in total. The fourth-order valence-electron chi connectivity index (χ4n) is 1.52. The molecule has 0 spiro atoms. The first-order valence-corrected chi connectivity index (χ1v) is 6.50. The molecule has 2 rings (SSSR count). The SMILES string of the molecule is CCCCSc1cccc2nc(N)n[n+]([O-])c12. The number of aromatic nitrogens is 3. The zero-order valence-electron chi connectivity index (χ0n) is 9.59. The molecule has 17 heavy (non-hydrogen) atoms. The minimum absolute atomic E-state index is 0.00297. The Balaban J connectivity index is 2.42. The van der Waals surface area contributed by atoms with E-state index in [1.54, 1.807) is 17.8 Å². The molecule has 0 saturated carbocycles. The Morgan fingerprint density at radius 3 is 3.06 bits per heavy atom. The molecule has 0 aliphatic rings. The van der Waals surface area contributed by atoms with Crippen molar-refractivity contribution < 1.29 is 4.85 Å². The molecule has 0 aliphatic carbocycles. The molecule has 0 saturated heterocycles. The molecule has 1 aromatic heterocycles. The number of nitrogen functional groups attached to an aromatic ring is 1. The maximum absolute atomic E-state index is 11.7. The highest BCUT2D eigenvalue weighted by atomic mass is 32.2. The van der Waals surface area contributed by atoms with Gasteiger partial charge in [-0.05, 0) is 29.2 Å². The minimum Gasteiger partial charge on any atom is -0.594 e. The van der Waals surface area contributed by atoms with E-state index in [4.69, 9.17) is 5.73 Å². The largest absolute Gasteiger partial charge is 0.594 e. The van der Waals surface area contributed by atoms with Gasteiger partial charge in [-0.3, -0.25) is 0 Å². The smallest absolute Gasteiger partial charge is 0.288 e. The van der Waals surface area contributed by atoms with Crippen LogP contribution in [0.3, 0.4) is 0 Å². The summed E-state index contributed by atoms with van der Waals surface area (Å²) in [6.07, 6.45) is 2.26. The quantitative estimate of drug-likeness (QED) is 0.387. The first-order chi connectivity index (χ1) is 8.22. The van der Waals surface area contributed by atoms with Crippen LogP contribution in [0.1, 0.15) is 19.8 Å². The molecule has 0 radical (unpaired) electrons. The van der Waals surface area contributed by atoms with Crippen LogP contribution in [0.2, 0.25) is 0 Å². The van der Waals surface area contributed by atoms with E-state index >= 15 is 0 Å². The Bertz CT molecular complexity index is 532. The second-order valence-corrected chi connectivity index (χ2v) is 4.81. The van der Waals surface area contributed by atoms with Gasteiger partial charge in [0.15, 0.2) is 0 Å². The molecule has 0 bridgehead atoms. The summed E-state index contributed by atoms with van der Waals surface area (Å²) in [5, 5.41) is 15.3. The number of rotatable bonds is 4. The first-order valence-electron chi connectivity index (χ1n) is 5.51. The normalized spacial score (nSPS) is 10.9. The van der Waals surface area contributed by atoms with Crippen LogP contribution in [0.15, 0.2) is 23.1 Å². The van der Waals surface area contributed by atoms with E-state index in [1.165, 1.54) is 0 Å². The molecule has 0 atom stereocenters. The molecule has 1 heterocycles. The first kappa shape index (κ1) is 11.9. The van der Waals surface area contributed by atoms with Gasteiger partial charge in [0.25, 0.3) is 11.5 Å². The van der Waals surface area contributed by atoms with E-state index in [1.807, 2.05) is 12.1 Å². The third-order valence-electron chi connectivity index (χ3n) is 2.35. The molecule has 90 valence electrons. The van der Waals surface area contributed by atoms with Crippen molar-refractivity contribution in [1.82, 2.24) is 10.1 Å². The standard InChI is InChI=1S/C11H14N4OS/c1-2-3-7-17-9-6-4-5-8-10(9)15(16)14-11(12)13-8/h4-6H,2-3,7H2,1H3,(H2,12,13,14). The summed E-state index contributed by atoms with van der Waals surface area (Å²) < 4.78 is 0. The van der Waals surface area contributed by atoms with Crippen LogP contribution >= 0.6 is 11.8 Å². The van der Waals surface area contributed by atoms with Gasteiger partial charge in [-0.2, -0.15) is 0 Å². The van der Waals surface area contributed by atoms with Crippen LogP contribution in [-0.2, 0) is 0 Å². The van der Waals surface area contributed by atoms with Crippen LogP contribution in [0, 0.1) is 5.21 Å². The summed E-state index contributed by atoms with van der Waals surface area (Å²) >= 11 is 1.65. The number of nitrogens with zero attached hydrogens (tertiary/aromatic N) is 3. The maximum Gasteiger partial charge on any atom is 0.288 e. The molecule has 0 amide bonds. The third kappa shape index (κ3) is 2.58. The highest BCUT2D eigenvalue weighted by molar-refractivity contribution is 7.99. The van der Waals surface area contributed by atoms with Crippen LogP contribution < -0.4 is 10.6 Å². The second kappa shape index (κ2) is 5.18. The lowest BCUT2D eigenvalue weighted by Gasteiger charge is -2.04. The van der Waals surface area contributed by atoms with Gasteiger partial charge in [0.2, 0.25) is 0 Å². The van der Waals surface area contributed by atoms with E-state index in [9.17, 15) is 5.21 Å². The monoisotopic (exact) mass is 250 g/mol. The Labute approximate surface area is 104 Å². The van der Waals surface area contributed by atoms with E-state index in [-0.39, 0.29) is 5.95 Å². The summed E-state index contributed by atoms with van der Waals surface area (Å²) in [4.78, 5) is 5.53. The number of thioether (sulfide) groups is 1. The van der Waals surface area contributed by atoms with Crippen molar-refractivity contribution in [3.05, 3.63) is 23.4 Å². The highest BCUT2D eigenvalue weighted by Gasteiger charge is 2.14. The molecule has 0 fully saturated rings. The summed E-state index contributed by atoms with van der Waals surface area (Å²) in [5.41, 5.74) is 6.54. The number of nitrogens with two attached hydrogens (primary N) is 1. The van der Waals surface area contributed by atoms with Crippen molar-refractivity contribution in [1.29, 1.82) is 0 Å². The highest BCUT2D eigenvalue weighted by Crippen LogP contribution is 2.25. The molecule has 5 nitrogen and oxygen atoms in total. The van der Waals surface area contributed by atoms with Gasteiger partial charge in [-0.15, -0.1) is 11.8 Å². The summed E-state index contributed by atoms with van der Waals surface area (Å²) in [6, 6.07) is 5.56. The van der Waals surface area contributed by atoms with Crippen molar-refractivity contribution in [2.24, 2.45) is 0 Å². The van der Waals surface area contributed by atoms with Crippen LogP contribution in [0.5, 0.6) is 0 Å². The number of unbranched alkanes of at least 4 members (excludes halogenated alkanes) is 1. The van der Waals surface area contributed by atoms with Crippen LogP contribution in [0.25, 0.3) is 11.0 Å². The molecular weight excluding hydrogens is 236 g/mol. The second-order valence-electron chi connectivity index (χ2n) is 3.67. The van der Waals surface area contributed by atoms with Crippen LogP contribution in [0.4, 0.5) is 5.95 Å². The Morgan fingerprint density at radius 1 is 1.47 bits per heavy atom. The van der Waals surface area contributed by atoms with Crippen molar-refractivity contribution in [2.45, 2.75) is 24.7 Å². The summed E-state index contributed by atoms with van der Waals surface area (Å²) in [6.45, 7) is 2.14. The van der Waals surface area contributed by atoms with E-state index < -0.39 is 0 Å². The van der Waals surface area contributed by atoms with Crippen LogP contribution in [-0.4, -0.2) is 15.8 Å². The molecule has 2 aromatic rings. The predicted molar refractivity (Wildman–Crippen MR) is 68.5 cm³/mol. The van der Waals surface area contributed by atoms with E-state index in [0.29, 0.717) is 15.9 Å². The number of benzene rings is 1. The number of fused-ring (bicyclic) bond motifs is 1. The molecule has 0 aliphatic heterocycles. The lowest BCUT2D eigenvalue weighted by Crippen LogP contribution is -2.34. The molecule has 0 unspecified atom stereocenters. The maximum atomic E-state index is 11.7. The van der Waals surface area contributed by atoms with Crippen molar-refractivity contribution in [3.8, 4) is 0 Å². The van der Waals surface area contributed by atoms with Gasteiger partial charge in [0.1, 0.15) is 5.52 Å². The summed E-state index contributed by atoms with van der Waals surface area (Å²) in [7, 11) is 0. The molecule has 6 heteroatoms. The topological polar surface area (TPSA) is 78.7 Å². The average Bonchev–Trinajstić information content (AvgIpc) is 2.28. The fourth-order valence-corrected chi connectivity index (χ4v) is 2.67. The average molecular weight is 250 g/mol. The van der Waals surface area contributed by atoms with Gasteiger partial charge in [0.05, 0.1) is 9.99 Å². The summed E-state index contributed by atoms with van der Waals surface area (Å²) in [5.74, 6) is 0.989. The number of hydrogen-bond donors (Lipinski definition) is 1. The van der Waals surface area contributed by atoms with Crippen molar-refractivity contribution in [2.75, 3.05) is 11.5 Å². The Morgan fingerprint density at radius 2 is 2.29 bits per heavy atom. The van der Waals surface area contributed by atoms with Gasteiger partial charge >= 0.3 is 0 Å². The number of para-hydroxylation sites is 1. The zero-order valence-corrected chi connectivity index (χ0v) is 10.4. The van der Waals surface area contributed by atoms with E-state index in [2.05, 4.69) is 17.0 Å². The van der Waals surface area contributed by atoms with E-state index in [0.717, 1.165) is 23.5 Å². The van der Waals surface area contributed by atoms with Gasteiger partial charge in [-0.1, -0.05) is 19.4 Å². The lowest BCUT2D eigenvalue weighted by atomic mass is 10.3. The van der Waals surface area contributed by atoms with Gasteiger partial charge in [0, 0.05) is 0 Å². The third-order valence-corrected chi connectivity index (χ3v) is 3.49. The van der Waals surface area contributed by atoms with Gasteiger partial charge in [-0.25, -0.2) is 4.98 Å². The zero-order chi connectivity index (χ0) is 12.3. The minimum atomic E-state index is 0.00297. The number of hydrogen-bond acceptors (Lipinski definition) is 5. The number of anilines is 1. The molecular formula is C11H14N4OS. The van der Waals surface area contributed by atoms with Crippen molar-refractivity contribution in [3.63, 3.8) is 0 Å². The Kier molecular flexibility index (Phi) is 3.63. The molecule has 1 aromatic carbocycles. The Hall–Kier alpha value is -1.56. The predicted octanol–water partition coefficient (Wildman–Crippen LogP) is 1.74. The van der Waals surface area contributed by atoms with Gasteiger partial charge < -0.3 is 10.9 Å². The fraction of sp³-hybridized carbons (Fsp3) is 0.364. The van der Waals surface area contributed by atoms with Crippen molar-refractivity contribution >= 4 is 28.7 Å². The lowest BCUT2D eigenvalue weighted by molar-refractivity contribution is -0.642.